The van der Waals surface area contributed by atoms with Crippen molar-refractivity contribution in [2.45, 2.75) is 33.2 Å². The van der Waals surface area contributed by atoms with Gasteiger partial charge >= 0.3 is 26.9 Å². The van der Waals surface area contributed by atoms with Gasteiger partial charge in [0.25, 0.3) is 0 Å². The first-order valence-corrected chi connectivity index (χ1v) is 12.4. The van der Waals surface area contributed by atoms with Crippen LogP contribution in [0.2, 0.25) is 6.04 Å². The fourth-order valence-electron chi connectivity index (χ4n) is 2.43. The van der Waals surface area contributed by atoms with Gasteiger partial charge in [0.1, 0.15) is 13.2 Å². The van der Waals surface area contributed by atoms with E-state index in [1.54, 1.807) is 7.05 Å². The topological polar surface area (TPSA) is 125 Å². The molecule has 11 nitrogen and oxygen atoms in total. The van der Waals surface area contributed by atoms with Crippen molar-refractivity contribution in [3.63, 3.8) is 0 Å². The lowest BCUT2D eigenvalue weighted by Gasteiger charge is -2.28. The summed E-state index contributed by atoms with van der Waals surface area (Å²) < 4.78 is 27.1. The van der Waals surface area contributed by atoms with Crippen LogP contribution in [0.25, 0.3) is 0 Å². The van der Waals surface area contributed by atoms with Crippen LogP contribution in [-0.2, 0) is 27.5 Å². The summed E-state index contributed by atoms with van der Waals surface area (Å²) in [5.41, 5.74) is 0. The molecular formula is C19H37N3O8Si. The van der Waals surface area contributed by atoms with Gasteiger partial charge in [-0.2, -0.15) is 0 Å². The molecule has 0 atom stereocenters. The molecule has 0 aliphatic heterocycles. The van der Waals surface area contributed by atoms with Crippen LogP contribution in [0.5, 0.6) is 0 Å². The summed E-state index contributed by atoms with van der Waals surface area (Å²) >= 11 is 0. The molecule has 0 unspecified atom stereocenters. The van der Waals surface area contributed by atoms with Gasteiger partial charge in [-0.1, -0.05) is 6.58 Å². The molecule has 0 aliphatic rings. The van der Waals surface area contributed by atoms with Crippen LogP contribution in [0, 0.1) is 0 Å². The number of nitrogens with one attached hydrogen (secondary N) is 2. The summed E-state index contributed by atoms with van der Waals surface area (Å²) in [6, 6.07) is 0.219. The highest BCUT2D eigenvalue weighted by Crippen LogP contribution is 2.17. The number of urea groups is 1. The number of nitrogens with zero attached hydrogens (tertiary/aromatic N) is 1. The Morgan fingerprint density at radius 3 is 2.10 bits per heavy atom. The Bertz CT molecular complexity index is 533. The van der Waals surface area contributed by atoms with Gasteiger partial charge in [0.2, 0.25) is 0 Å². The largest absolute Gasteiger partial charge is 0.500 e. The van der Waals surface area contributed by atoms with Gasteiger partial charge < -0.3 is 38.3 Å². The molecule has 2 N–H and O–H groups in total. The Morgan fingerprint density at radius 1 is 0.935 bits per heavy atom. The highest BCUT2D eigenvalue weighted by Gasteiger charge is 2.39. The van der Waals surface area contributed by atoms with Crippen molar-refractivity contribution in [1.29, 1.82) is 0 Å². The average molecular weight is 464 g/mol. The van der Waals surface area contributed by atoms with E-state index in [1.807, 2.05) is 20.8 Å². The van der Waals surface area contributed by atoms with Crippen molar-refractivity contribution in [3.8, 4) is 0 Å². The number of carbonyl (C=O) groups excluding carboxylic acids is 3. The zero-order valence-electron chi connectivity index (χ0n) is 19.1. The van der Waals surface area contributed by atoms with Crippen LogP contribution in [0.15, 0.2) is 12.7 Å². The second kappa shape index (κ2) is 17.5. The minimum atomic E-state index is -2.72. The molecule has 0 saturated heterocycles. The monoisotopic (exact) mass is 463 g/mol. The summed E-state index contributed by atoms with van der Waals surface area (Å²) in [5.74, 6) is -0.552. The summed E-state index contributed by atoms with van der Waals surface area (Å²) in [6.45, 7) is 11.3. The lowest BCUT2D eigenvalue weighted by Crippen LogP contribution is -2.46. The van der Waals surface area contributed by atoms with Gasteiger partial charge in [-0.3, -0.25) is 0 Å². The third-order valence-corrected chi connectivity index (χ3v) is 6.97. The highest BCUT2D eigenvalue weighted by molar-refractivity contribution is 6.60. The summed E-state index contributed by atoms with van der Waals surface area (Å²) in [4.78, 5) is 35.9. The number of hydrogen-bond donors (Lipinski definition) is 2. The van der Waals surface area contributed by atoms with Crippen molar-refractivity contribution in [2.24, 2.45) is 0 Å². The normalized spacial score (nSPS) is 10.8. The number of carbonyl (C=O) groups is 3. The molecule has 3 amide bonds. The molecule has 0 fully saturated rings. The maximum Gasteiger partial charge on any atom is 0.500 e. The van der Waals surface area contributed by atoms with Crippen LogP contribution >= 0.6 is 0 Å². The molecule has 0 saturated carbocycles. The molecule has 12 heteroatoms. The Labute approximate surface area is 185 Å². The molecule has 0 radical (unpaired) electrons. The fourth-order valence-corrected chi connectivity index (χ4v) is 5.04. The van der Waals surface area contributed by atoms with Gasteiger partial charge in [0.05, 0.1) is 13.1 Å². The van der Waals surface area contributed by atoms with Crippen LogP contribution in [-0.4, -0.2) is 91.5 Å². The predicted octanol–water partition coefficient (Wildman–Crippen LogP) is 1.52. The number of amides is 3. The Balaban J connectivity index is 4.03. The molecule has 0 aromatic heterocycles. The van der Waals surface area contributed by atoms with Crippen LogP contribution < -0.4 is 10.6 Å². The number of ether oxygens (including phenoxy) is 2. The average Bonchev–Trinajstić information content (AvgIpc) is 2.74. The van der Waals surface area contributed by atoms with E-state index in [0.29, 0.717) is 38.8 Å². The zero-order valence-corrected chi connectivity index (χ0v) is 20.1. The maximum atomic E-state index is 11.9. The molecule has 0 aromatic carbocycles. The molecule has 0 aromatic rings. The van der Waals surface area contributed by atoms with E-state index in [2.05, 4.69) is 17.2 Å². The van der Waals surface area contributed by atoms with Crippen molar-refractivity contribution in [3.05, 3.63) is 12.7 Å². The molecule has 180 valence electrons. The lowest BCUT2D eigenvalue weighted by atomic mass is 10.5. The lowest BCUT2D eigenvalue weighted by molar-refractivity contribution is -0.137. The second-order valence-corrected chi connectivity index (χ2v) is 8.91. The summed E-state index contributed by atoms with van der Waals surface area (Å²) in [7, 11) is -1.16. The van der Waals surface area contributed by atoms with Crippen LogP contribution in [0.3, 0.4) is 0 Å². The molecule has 0 heterocycles. The minimum absolute atomic E-state index is 0.0384. The fraction of sp³-hybridized carbons (Fsp3) is 0.737. The second-order valence-electron chi connectivity index (χ2n) is 6.17. The van der Waals surface area contributed by atoms with Gasteiger partial charge in [-0.05, 0) is 27.2 Å². The number of rotatable bonds is 17. The van der Waals surface area contributed by atoms with Crippen LogP contribution in [0.1, 0.15) is 27.2 Å². The van der Waals surface area contributed by atoms with Crippen molar-refractivity contribution in [1.82, 2.24) is 15.5 Å². The van der Waals surface area contributed by atoms with Crippen molar-refractivity contribution < 1.29 is 37.1 Å². The van der Waals surface area contributed by atoms with Gasteiger partial charge in [-0.25, -0.2) is 14.4 Å². The smallest absolute Gasteiger partial charge is 0.461 e. The quantitative estimate of drug-likeness (QED) is 0.144. The van der Waals surface area contributed by atoms with Crippen LogP contribution in [0.4, 0.5) is 9.59 Å². The van der Waals surface area contributed by atoms with Gasteiger partial charge in [0.15, 0.2) is 0 Å². The molecule has 0 aliphatic carbocycles. The molecular weight excluding hydrogens is 426 g/mol. The first-order chi connectivity index (χ1) is 14.8. The molecule has 0 bridgehead atoms. The molecule has 0 rings (SSSR count). The number of esters is 1. The number of likely N-dealkylation sites (N-methyl/N-ethyl adjacent to an activating group) is 1. The van der Waals surface area contributed by atoms with Gasteiger partial charge in [-0.15, -0.1) is 0 Å². The summed E-state index contributed by atoms with van der Waals surface area (Å²) in [6.07, 6.45) is 1.10. The first kappa shape index (κ1) is 28.8. The predicted molar refractivity (Wildman–Crippen MR) is 117 cm³/mol. The van der Waals surface area contributed by atoms with E-state index < -0.39 is 20.9 Å². The third kappa shape index (κ3) is 13.7. The Hall–Kier alpha value is -2.15. The minimum Gasteiger partial charge on any atom is -0.461 e. The van der Waals surface area contributed by atoms with Crippen molar-refractivity contribution >= 4 is 26.9 Å². The summed E-state index contributed by atoms with van der Waals surface area (Å²) in [5, 5.41) is 5.24. The highest BCUT2D eigenvalue weighted by atomic mass is 28.4. The van der Waals surface area contributed by atoms with E-state index >= 15 is 0 Å². The Morgan fingerprint density at radius 2 is 1.55 bits per heavy atom. The maximum absolute atomic E-state index is 11.9. The van der Waals surface area contributed by atoms with E-state index in [1.165, 1.54) is 4.90 Å². The number of alkyl carbamates (subject to hydrolysis) is 1. The number of hydrogen-bond acceptors (Lipinski definition) is 8. The van der Waals surface area contributed by atoms with E-state index in [-0.39, 0.29) is 32.3 Å². The Kier molecular flexibility index (Phi) is 16.3. The van der Waals surface area contributed by atoms with E-state index in [4.69, 9.17) is 22.8 Å². The SMILES string of the molecule is C=CC(=O)OCCNC(=O)N(C)CCOC(=O)NCCC[Si](OCC)(OCC)OCC. The van der Waals surface area contributed by atoms with E-state index in [9.17, 15) is 14.4 Å². The van der Waals surface area contributed by atoms with E-state index in [0.717, 1.165) is 6.08 Å². The molecule has 0 spiro atoms. The standard InChI is InChI=1S/C19H37N3O8Si/c1-6-17(23)26-14-12-20-18(24)22(5)13-15-27-19(25)21-11-10-16-31(28-7-2,29-8-3)30-9-4/h6H,1,7-16H2,2-5H3,(H,20,24)(H,21,25). The zero-order chi connectivity index (χ0) is 23.5. The van der Waals surface area contributed by atoms with Gasteiger partial charge in [0, 0.05) is 45.5 Å². The van der Waals surface area contributed by atoms with Crippen molar-refractivity contribution in [2.75, 3.05) is 59.7 Å². The third-order valence-electron chi connectivity index (χ3n) is 3.82. The molecule has 31 heavy (non-hydrogen) atoms. The first-order valence-electron chi connectivity index (χ1n) is 10.4.